The first kappa shape index (κ1) is 11.9. The smallest absolute Gasteiger partial charge is 0.126 e. The molecule has 0 atom stereocenters. The van der Waals surface area contributed by atoms with Gasteiger partial charge in [-0.15, -0.1) is 0 Å². The molecule has 1 N–H and O–H groups in total. The van der Waals surface area contributed by atoms with E-state index in [0.29, 0.717) is 17.0 Å². The maximum Gasteiger partial charge on any atom is 0.126 e. The van der Waals surface area contributed by atoms with Gasteiger partial charge in [-0.25, -0.2) is 4.39 Å². The Bertz CT molecular complexity index is 525. The van der Waals surface area contributed by atoms with E-state index in [2.05, 4.69) is 5.32 Å². The van der Waals surface area contributed by atoms with Gasteiger partial charge in [0.2, 0.25) is 0 Å². The van der Waals surface area contributed by atoms with Crippen molar-refractivity contribution in [3.63, 3.8) is 0 Å². The van der Waals surface area contributed by atoms with E-state index in [-0.39, 0.29) is 5.82 Å². The first-order valence-corrected chi connectivity index (χ1v) is 5.77. The third-order valence-electron chi connectivity index (χ3n) is 2.62. The quantitative estimate of drug-likeness (QED) is 0.863. The van der Waals surface area contributed by atoms with Crippen LogP contribution in [0.5, 0.6) is 0 Å². The zero-order valence-corrected chi connectivity index (χ0v) is 10.3. The second-order valence-electron chi connectivity index (χ2n) is 3.86. The molecule has 0 unspecified atom stereocenters. The number of halogens is 2. The van der Waals surface area contributed by atoms with Crippen molar-refractivity contribution < 1.29 is 4.39 Å². The topological polar surface area (TPSA) is 12.0 Å². The Morgan fingerprint density at radius 1 is 1.18 bits per heavy atom. The molecule has 0 bridgehead atoms. The second kappa shape index (κ2) is 5.19. The zero-order chi connectivity index (χ0) is 12.3. The van der Waals surface area contributed by atoms with Crippen molar-refractivity contribution in [2.75, 3.05) is 12.4 Å². The number of rotatable bonds is 3. The molecule has 0 heterocycles. The van der Waals surface area contributed by atoms with Crippen molar-refractivity contribution in [3.05, 3.63) is 64.4 Å². The van der Waals surface area contributed by atoms with Crippen LogP contribution in [-0.2, 0) is 6.42 Å². The van der Waals surface area contributed by atoms with Gasteiger partial charge in [-0.1, -0.05) is 23.7 Å². The molecule has 0 aliphatic heterocycles. The molecule has 0 saturated heterocycles. The fraction of sp³-hybridized carbons (Fsp3) is 0.143. The third kappa shape index (κ3) is 2.98. The Morgan fingerprint density at radius 3 is 2.76 bits per heavy atom. The van der Waals surface area contributed by atoms with Crippen molar-refractivity contribution in [2.45, 2.75) is 6.42 Å². The minimum Gasteiger partial charge on any atom is -0.388 e. The lowest BCUT2D eigenvalue weighted by Gasteiger charge is -2.06. The van der Waals surface area contributed by atoms with Crippen LogP contribution in [0.4, 0.5) is 10.1 Å². The predicted molar refractivity (Wildman–Crippen MR) is 70.2 cm³/mol. The van der Waals surface area contributed by atoms with Crippen molar-refractivity contribution in [1.82, 2.24) is 0 Å². The SMILES string of the molecule is CNc1cccc(Cc2cc(Cl)ccc2F)c1. The number of hydrogen-bond donors (Lipinski definition) is 1. The minimum absolute atomic E-state index is 0.218. The maximum absolute atomic E-state index is 13.6. The van der Waals surface area contributed by atoms with E-state index >= 15 is 0 Å². The summed E-state index contributed by atoms with van der Waals surface area (Å²) in [4.78, 5) is 0. The summed E-state index contributed by atoms with van der Waals surface area (Å²) >= 11 is 5.86. The highest BCUT2D eigenvalue weighted by molar-refractivity contribution is 6.30. The molecule has 2 aromatic rings. The van der Waals surface area contributed by atoms with Gasteiger partial charge in [0.1, 0.15) is 5.82 Å². The molecule has 2 rings (SSSR count). The highest BCUT2D eigenvalue weighted by atomic mass is 35.5. The Labute approximate surface area is 105 Å². The van der Waals surface area contributed by atoms with Crippen LogP contribution in [-0.4, -0.2) is 7.05 Å². The lowest BCUT2D eigenvalue weighted by molar-refractivity contribution is 0.614. The van der Waals surface area contributed by atoms with E-state index in [1.165, 1.54) is 6.07 Å². The van der Waals surface area contributed by atoms with Gasteiger partial charge in [-0.3, -0.25) is 0 Å². The molecule has 0 radical (unpaired) electrons. The molecule has 0 fully saturated rings. The van der Waals surface area contributed by atoms with Gasteiger partial charge in [0.05, 0.1) is 0 Å². The number of anilines is 1. The van der Waals surface area contributed by atoms with Crippen molar-refractivity contribution in [3.8, 4) is 0 Å². The first-order valence-electron chi connectivity index (χ1n) is 5.39. The lowest BCUT2D eigenvalue weighted by atomic mass is 10.0. The number of hydrogen-bond acceptors (Lipinski definition) is 1. The summed E-state index contributed by atoms with van der Waals surface area (Å²) in [5.74, 6) is -0.218. The number of benzene rings is 2. The average Bonchev–Trinajstić information content (AvgIpc) is 2.34. The van der Waals surface area contributed by atoms with E-state index in [1.807, 2.05) is 31.3 Å². The maximum atomic E-state index is 13.6. The van der Waals surface area contributed by atoms with Crippen LogP contribution in [0, 0.1) is 5.82 Å². The van der Waals surface area contributed by atoms with Crippen LogP contribution in [0.1, 0.15) is 11.1 Å². The summed E-state index contributed by atoms with van der Waals surface area (Å²) in [6, 6.07) is 12.5. The van der Waals surface area contributed by atoms with E-state index in [9.17, 15) is 4.39 Å². The van der Waals surface area contributed by atoms with Gasteiger partial charge in [-0.05, 0) is 41.5 Å². The first-order chi connectivity index (χ1) is 8.19. The van der Waals surface area contributed by atoms with Crippen LogP contribution < -0.4 is 5.32 Å². The molecule has 3 heteroatoms. The van der Waals surface area contributed by atoms with Gasteiger partial charge in [0.25, 0.3) is 0 Å². The summed E-state index contributed by atoms with van der Waals surface area (Å²) in [7, 11) is 1.86. The average molecular weight is 250 g/mol. The van der Waals surface area contributed by atoms with Crippen molar-refractivity contribution >= 4 is 17.3 Å². The largest absolute Gasteiger partial charge is 0.388 e. The van der Waals surface area contributed by atoms with Crippen LogP contribution >= 0.6 is 11.6 Å². The zero-order valence-electron chi connectivity index (χ0n) is 9.50. The molecule has 0 saturated carbocycles. The molecule has 0 aromatic heterocycles. The molecule has 0 spiro atoms. The Kier molecular flexibility index (Phi) is 3.64. The van der Waals surface area contributed by atoms with Crippen LogP contribution in [0.15, 0.2) is 42.5 Å². The van der Waals surface area contributed by atoms with Crippen LogP contribution in [0.2, 0.25) is 5.02 Å². The highest BCUT2D eigenvalue weighted by Gasteiger charge is 2.04. The molecule has 1 nitrogen and oxygen atoms in total. The van der Waals surface area contributed by atoms with E-state index in [0.717, 1.165) is 11.3 Å². The van der Waals surface area contributed by atoms with Crippen molar-refractivity contribution in [2.24, 2.45) is 0 Å². The molecule has 17 heavy (non-hydrogen) atoms. The number of nitrogens with one attached hydrogen (secondary N) is 1. The van der Waals surface area contributed by atoms with E-state index in [4.69, 9.17) is 11.6 Å². The Hall–Kier alpha value is -1.54. The monoisotopic (exact) mass is 249 g/mol. The predicted octanol–water partition coefficient (Wildman–Crippen LogP) is 4.11. The summed E-state index contributed by atoms with van der Waals surface area (Å²) in [6.45, 7) is 0. The van der Waals surface area contributed by atoms with Gasteiger partial charge in [0.15, 0.2) is 0 Å². The van der Waals surface area contributed by atoms with E-state index in [1.54, 1.807) is 12.1 Å². The normalized spacial score (nSPS) is 10.3. The van der Waals surface area contributed by atoms with Crippen LogP contribution in [0.25, 0.3) is 0 Å². The van der Waals surface area contributed by atoms with Crippen LogP contribution in [0.3, 0.4) is 0 Å². The lowest BCUT2D eigenvalue weighted by Crippen LogP contribution is -1.94. The van der Waals surface area contributed by atoms with Gasteiger partial charge in [0, 0.05) is 24.2 Å². The standard InChI is InChI=1S/C14H13ClFN/c1-17-13-4-2-3-10(8-13)7-11-9-12(15)5-6-14(11)16/h2-6,8-9,17H,7H2,1H3. The third-order valence-corrected chi connectivity index (χ3v) is 2.85. The summed E-state index contributed by atoms with van der Waals surface area (Å²) in [5.41, 5.74) is 2.69. The Balaban J connectivity index is 2.27. The molecule has 2 aromatic carbocycles. The van der Waals surface area contributed by atoms with Gasteiger partial charge < -0.3 is 5.32 Å². The molecular formula is C14H13ClFN. The molecule has 88 valence electrons. The van der Waals surface area contributed by atoms with E-state index < -0.39 is 0 Å². The summed E-state index contributed by atoms with van der Waals surface area (Å²) < 4.78 is 13.6. The molecular weight excluding hydrogens is 237 g/mol. The fourth-order valence-electron chi connectivity index (χ4n) is 1.74. The summed E-state index contributed by atoms with van der Waals surface area (Å²) in [6.07, 6.45) is 0.544. The minimum atomic E-state index is -0.218. The summed E-state index contributed by atoms with van der Waals surface area (Å²) in [5, 5.41) is 3.62. The van der Waals surface area contributed by atoms with Crippen molar-refractivity contribution in [1.29, 1.82) is 0 Å². The highest BCUT2D eigenvalue weighted by Crippen LogP contribution is 2.19. The molecule has 0 aliphatic carbocycles. The van der Waals surface area contributed by atoms with Gasteiger partial charge >= 0.3 is 0 Å². The fourth-order valence-corrected chi connectivity index (χ4v) is 1.93. The second-order valence-corrected chi connectivity index (χ2v) is 4.30. The molecule has 0 amide bonds. The molecule has 0 aliphatic rings. The van der Waals surface area contributed by atoms with Gasteiger partial charge in [-0.2, -0.15) is 0 Å². The Morgan fingerprint density at radius 2 is 2.00 bits per heavy atom.